The zero-order valence-corrected chi connectivity index (χ0v) is 9.25. The van der Waals surface area contributed by atoms with Crippen LogP contribution in [0.3, 0.4) is 0 Å². The molecule has 15 heavy (non-hydrogen) atoms. The lowest BCUT2D eigenvalue weighted by Crippen LogP contribution is -2.26. The molecule has 2 atom stereocenters. The summed E-state index contributed by atoms with van der Waals surface area (Å²) in [5.74, 6) is -0.560. The average molecular weight is 227 g/mol. The summed E-state index contributed by atoms with van der Waals surface area (Å²) in [6.07, 6.45) is 0. The molecule has 1 aromatic carbocycles. The number of epoxide rings is 1. The molecule has 0 aromatic heterocycles. The molecule has 2 unspecified atom stereocenters. The predicted octanol–water partition coefficient (Wildman–Crippen LogP) is 2.04. The van der Waals surface area contributed by atoms with Crippen molar-refractivity contribution in [2.75, 3.05) is 7.11 Å². The monoisotopic (exact) mass is 226 g/mol. The van der Waals surface area contributed by atoms with E-state index in [0.717, 1.165) is 5.56 Å². The molecule has 80 valence electrons. The summed E-state index contributed by atoms with van der Waals surface area (Å²) in [6, 6.07) is 9.37. The summed E-state index contributed by atoms with van der Waals surface area (Å²) >= 11 is 6.04. The number of carbonyl (C=O) groups is 1. The number of methoxy groups -OCH3 is 1. The summed E-state index contributed by atoms with van der Waals surface area (Å²) in [5.41, 5.74) is 0.0773. The van der Waals surface area contributed by atoms with E-state index in [1.165, 1.54) is 7.11 Å². The van der Waals surface area contributed by atoms with Crippen molar-refractivity contribution in [3.05, 3.63) is 35.9 Å². The first-order valence-corrected chi connectivity index (χ1v) is 4.95. The Morgan fingerprint density at radius 1 is 1.40 bits per heavy atom. The molecule has 1 heterocycles. The normalized spacial score (nSPS) is 33.5. The molecule has 0 spiro atoms. The van der Waals surface area contributed by atoms with E-state index >= 15 is 0 Å². The number of carbonyl (C=O) groups excluding carboxylic acids is 1. The number of alkyl halides is 1. The number of halogens is 1. The lowest BCUT2D eigenvalue weighted by atomic mass is 9.97. The first kappa shape index (κ1) is 10.5. The second-order valence-corrected chi connectivity index (χ2v) is 4.12. The zero-order valence-electron chi connectivity index (χ0n) is 8.49. The fourth-order valence-electron chi connectivity index (χ4n) is 1.62. The number of rotatable bonds is 2. The van der Waals surface area contributed by atoms with Gasteiger partial charge in [-0.05, 0) is 12.5 Å². The molecule has 1 fully saturated rings. The van der Waals surface area contributed by atoms with Crippen LogP contribution in [0.25, 0.3) is 0 Å². The largest absolute Gasteiger partial charge is 0.466 e. The van der Waals surface area contributed by atoms with Crippen LogP contribution in [0.4, 0.5) is 0 Å². The van der Waals surface area contributed by atoms with E-state index < -0.39 is 16.6 Å². The van der Waals surface area contributed by atoms with Crippen LogP contribution in [0.5, 0.6) is 0 Å². The van der Waals surface area contributed by atoms with Gasteiger partial charge in [0.15, 0.2) is 0 Å². The molecular formula is C11H11ClO3. The smallest absolute Gasteiger partial charge is 0.357 e. The van der Waals surface area contributed by atoms with E-state index in [1.54, 1.807) is 6.92 Å². The first-order chi connectivity index (χ1) is 7.04. The van der Waals surface area contributed by atoms with E-state index in [1.807, 2.05) is 30.3 Å². The molecule has 0 aliphatic carbocycles. The minimum Gasteiger partial charge on any atom is -0.466 e. The van der Waals surface area contributed by atoms with Gasteiger partial charge in [-0.3, -0.25) is 0 Å². The topological polar surface area (TPSA) is 38.8 Å². The zero-order chi connectivity index (χ0) is 11.1. The summed E-state index contributed by atoms with van der Waals surface area (Å²) in [5, 5.41) is -1.37. The molecule has 0 saturated carbocycles. The Bertz CT molecular complexity index is 392. The second kappa shape index (κ2) is 3.22. The molecular weight excluding hydrogens is 216 g/mol. The summed E-state index contributed by atoms with van der Waals surface area (Å²) in [6.45, 7) is 1.77. The van der Waals surface area contributed by atoms with Crippen LogP contribution in [0.1, 0.15) is 12.5 Å². The van der Waals surface area contributed by atoms with Crippen molar-refractivity contribution < 1.29 is 14.3 Å². The summed E-state index contributed by atoms with van der Waals surface area (Å²) in [7, 11) is 1.29. The van der Waals surface area contributed by atoms with Gasteiger partial charge in [0.05, 0.1) is 7.11 Å². The number of benzene rings is 1. The van der Waals surface area contributed by atoms with Gasteiger partial charge in [0.2, 0.25) is 0 Å². The quantitative estimate of drug-likeness (QED) is 0.440. The molecule has 2 rings (SSSR count). The van der Waals surface area contributed by atoms with Crippen molar-refractivity contribution >= 4 is 17.6 Å². The van der Waals surface area contributed by atoms with Crippen LogP contribution < -0.4 is 0 Å². The summed E-state index contributed by atoms with van der Waals surface area (Å²) in [4.78, 5) is 11.4. The van der Waals surface area contributed by atoms with Crippen LogP contribution in [-0.2, 0) is 19.9 Å². The standard InChI is InChI=1S/C11H11ClO3/c1-10(8-6-4-3-5-7-8)11(12,15-10)9(13)14-2/h3-7H,1-2H3. The van der Waals surface area contributed by atoms with Crippen molar-refractivity contribution in [3.8, 4) is 0 Å². The highest BCUT2D eigenvalue weighted by molar-refractivity contribution is 6.35. The van der Waals surface area contributed by atoms with Crippen molar-refractivity contribution in [2.24, 2.45) is 0 Å². The van der Waals surface area contributed by atoms with Gasteiger partial charge in [0.25, 0.3) is 5.06 Å². The number of ether oxygens (including phenoxy) is 2. The fraction of sp³-hybridized carbons (Fsp3) is 0.364. The third-order valence-electron chi connectivity index (χ3n) is 2.69. The SMILES string of the molecule is COC(=O)C1(Cl)OC1(C)c1ccccc1. The maximum atomic E-state index is 11.4. The van der Waals surface area contributed by atoms with Crippen LogP contribution >= 0.6 is 11.6 Å². The molecule has 3 nitrogen and oxygen atoms in total. The van der Waals surface area contributed by atoms with Crippen LogP contribution in [0, 0.1) is 0 Å². The van der Waals surface area contributed by atoms with E-state index in [2.05, 4.69) is 4.74 Å². The Kier molecular flexibility index (Phi) is 2.24. The fourth-order valence-corrected chi connectivity index (χ4v) is 1.96. The molecule has 0 N–H and O–H groups in total. The van der Waals surface area contributed by atoms with Gasteiger partial charge in [-0.2, -0.15) is 0 Å². The van der Waals surface area contributed by atoms with Crippen molar-refractivity contribution in [1.29, 1.82) is 0 Å². The Labute approximate surface area is 92.9 Å². The number of esters is 1. The third-order valence-corrected chi connectivity index (χ3v) is 3.28. The van der Waals surface area contributed by atoms with E-state index in [0.29, 0.717) is 0 Å². The van der Waals surface area contributed by atoms with Gasteiger partial charge < -0.3 is 9.47 Å². The van der Waals surface area contributed by atoms with Crippen LogP contribution in [-0.4, -0.2) is 18.1 Å². The summed E-state index contributed by atoms with van der Waals surface area (Å²) < 4.78 is 9.92. The molecule has 1 saturated heterocycles. The molecule has 0 amide bonds. The molecule has 0 radical (unpaired) electrons. The predicted molar refractivity (Wildman–Crippen MR) is 55.5 cm³/mol. The lowest BCUT2D eigenvalue weighted by molar-refractivity contribution is -0.143. The second-order valence-electron chi connectivity index (χ2n) is 3.59. The van der Waals surface area contributed by atoms with Gasteiger partial charge in [-0.1, -0.05) is 41.9 Å². The van der Waals surface area contributed by atoms with Gasteiger partial charge in [0, 0.05) is 0 Å². The highest BCUT2D eigenvalue weighted by Crippen LogP contribution is 2.58. The number of hydrogen-bond donors (Lipinski definition) is 0. The van der Waals surface area contributed by atoms with Crippen molar-refractivity contribution in [1.82, 2.24) is 0 Å². The van der Waals surface area contributed by atoms with Gasteiger partial charge in [-0.25, -0.2) is 4.79 Å². The maximum absolute atomic E-state index is 11.4. The Hall–Kier alpha value is -1.06. The average Bonchev–Trinajstić information content (AvgIpc) is 2.85. The molecule has 4 heteroatoms. The Balaban J connectivity index is 2.31. The van der Waals surface area contributed by atoms with Crippen molar-refractivity contribution in [2.45, 2.75) is 17.6 Å². The van der Waals surface area contributed by atoms with Gasteiger partial charge in [0.1, 0.15) is 5.60 Å². The maximum Gasteiger partial charge on any atom is 0.357 e. The Morgan fingerprint density at radius 2 is 2.00 bits per heavy atom. The Morgan fingerprint density at radius 3 is 2.53 bits per heavy atom. The van der Waals surface area contributed by atoms with Gasteiger partial charge in [-0.15, -0.1) is 0 Å². The van der Waals surface area contributed by atoms with E-state index in [-0.39, 0.29) is 0 Å². The van der Waals surface area contributed by atoms with Crippen LogP contribution in [0.2, 0.25) is 0 Å². The third kappa shape index (κ3) is 1.34. The molecule has 1 aromatic rings. The molecule has 1 aliphatic heterocycles. The highest BCUT2D eigenvalue weighted by Gasteiger charge is 2.73. The lowest BCUT2D eigenvalue weighted by Gasteiger charge is -2.08. The van der Waals surface area contributed by atoms with Crippen LogP contribution in [0.15, 0.2) is 30.3 Å². The van der Waals surface area contributed by atoms with Crippen molar-refractivity contribution in [3.63, 3.8) is 0 Å². The minimum atomic E-state index is -1.37. The van der Waals surface area contributed by atoms with E-state index in [4.69, 9.17) is 16.3 Å². The van der Waals surface area contributed by atoms with Gasteiger partial charge >= 0.3 is 5.97 Å². The molecule has 0 bridgehead atoms. The number of hydrogen-bond acceptors (Lipinski definition) is 3. The first-order valence-electron chi connectivity index (χ1n) is 4.57. The highest BCUT2D eigenvalue weighted by atomic mass is 35.5. The minimum absolute atomic E-state index is 0.560. The van der Waals surface area contributed by atoms with E-state index in [9.17, 15) is 4.79 Å². The molecule has 1 aliphatic rings.